The van der Waals surface area contributed by atoms with Gasteiger partial charge in [-0.2, -0.15) is 0 Å². The zero-order valence-corrected chi connectivity index (χ0v) is 20.6. The molecule has 2 N–H and O–H groups in total. The number of nitrogens with zero attached hydrogens (tertiary/aromatic N) is 2. The number of ether oxygens (including phenoxy) is 3. The van der Waals surface area contributed by atoms with Gasteiger partial charge in [0.25, 0.3) is 0 Å². The van der Waals surface area contributed by atoms with E-state index in [0.29, 0.717) is 62.3 Å². The van der Waals surface area contributed by atoms with Crippen LogP contribution in [0.2, 0.25) is 0 Å². The first kappa shape index (κ1) is 26.6. The van der Waals surface area contributed by atoms with Gasteiger partial charge in [-0.3, -0.25) is 9.59 Å². The number of Topliss-reactive ketones (excluding diaryl/α,β-unsaturated/α-hetero) is 1. The van der Waals surface area contributed by atoms with Crippen LogP contribution in [0.4, 0.5) is 10.5 Å². The van der Waals surface area contributed by atoms with E-state index in [4.69, 9.17) is 19.9 Å². The van der Waals surface area contributed by atoms with Gasteiger partial charge in [0.1, 0.15) is 5.75 Å². The number of benzene rings is 2. The lowest BCUT2D eigenvalue weighted by atomic mass is 9.99. The fourth-order valence-electron chi connectivity index (χ4n) is 4.02. The molecule has 1 fully saturated rings. The van der Waals surface area contributed by atoms with Crippen LogP contribution in [0.5, 0.6) is 5.75 Å². The molecule has 0 saturated carbocycles. The first-order chi connectivity index (χ1) is 17.4. The van der Waals surface area contributed by atoms with E-state index >= 15 is 0 Å². The summed E-state index contributed by atoms with van der Waals surface area (Å²) in [5.41, 5.74) is 6.65. The molecule has 1 aliphatic heterocycles. The van der Waals surface area contributed by atoms with Crippen molar-refractivity contribution in [2.75, 3.05) is 51.7 Å². The molecule has 0 aliphatic carbocycles. The zero-order valence-electron chi connectivity index (χ0n) is 20.6. The minimum Gasteiger partial charge on any atom is -0.493 e. The van der Waals surface area contributed by atoms with E-state index in [9.17, 15) is 19.2 Å². The minimum absolute atomic E-state index is 0.129. The number of ketones is 1. The van der Waals surface area contributed by atoms with Crippen LogP contribution < -0.4 is 10.5 Å². The van der Waals surface area contributed by atoms with E-state index in [1.807, 2.05) is 0 Å². The Bertz CT molecular complexity index is 1170. The summed E-state index contributed by atoms with van der Waals surface area (Å²) < 4.78 is 15.8. The van der Waals surface area contributed by atoms with Crippen molar-refractivity contribution in [2.45, 2.75) is 26.7 Å². The Hall–Kier alpha value is -4.04. The number of piperazine rings is 1. The number of hydrogen-bond donors (Lipinski definition) is 1. The van der Waals surface area contributed by atoms with Crippen LogP contribution in [0.15, 0.2) is 36.0 Å². The summed E-state index contributed by atoms with van der Waals surface area (Å²) in [6, 6.07) is 8.61. The summed E-state index contributed by atoms with van der Waals surface area (Å²) in [5, 5.41) is 1.32. The lowest BCUT2D eigenvalue weighted by Gasteiger charge is -2.35. The summed E-state index contributed by atoms with van der Waals surface area (Å²) >= 11 is 0. The molecule has 1 heterocycles. The number of nitrogen functional groups attached to an aromatic ring is 1. The van der Waals surface area contributed by atoms with Crippen LogP contribution >= 0.6 is 0 Å². The van der Waals surface area contributed by atoms with E-state index in [0.717, 1.165) is 0 Å². The van der Waals surface area contributed by atoms with Gasteiger partial charge in [0.2, 0.25) is 5.78 Å². The van der Waals surface area contributed by atoms with Gasteiger partial charge in [-0.15, -0.1) is 0 Å². The van der Waals surface area contributed by atoms with Crippen LogP contribution in [0.25, 0.3) is 10.8 Å². The normalized spacial score (nSPS) is 13.2. The Morgan fingerprint density at radius 1 is 0.944 bits per heavy atom. The maximum Gasteiger partial charge on any atom is 0.409 e. The molecule has 10 nitrogen and oxygen atoms in total. The fraction of sp³-hybridized carbons (Fsp3) is 0.423. The van der Waals surface area contributed by atoms with Gasteiger partial charge in [-0.25, -0.2) is 9.59 Å². The largest absolute Gasteiger partial charge is 0.493 e. The molecule has 2 aromatic rings. The van der Waals surface area contributed by atoms with Crippen molar-refractivity contribution >= 4 is 40.2 Å². The maximum atomic E-state index is 13.3. The predicted octanol–water partition coefficient (Wildman–Crippen LogP) is 2.82. The Morgan fingerprint density at radius 3 is 2.31 bits per heavy atom. The number of carbonyl (C=O) groups excluding carboxylic acids is 4. The number of nitrogens with two attached hydrogens (primary N) is 1. The predicted molar refractivity (Wildman–Crippen MR) is 133 cm³/mol. The number of hydrogen-bond acceptors (Lipinski definition) is 9. The van der Waals surface area contributed by atoms with Crippen molar-refractivity contribution in [1.29, 1.82) is 0 Å². The first-order valence-corrected chi connectivity index (χ1v) is 12.0. The fourth-order valence-corrected chi connectivity index (χ4v) is 4.02. The van der Waals surface area contributed by atoms with Crippen molar-refractivity contribution in [3.63, 3.8) is 0 Å². The number of allylic oxidation sites excluding steroid dienone is 1. The van der Waals surface area contributed by atoms with Gasteiger partial charge < -0.3 is 29.7 Å². The van der Waals surface area contributed by atoms with E-state index < -0.39 is 11.9 Å². The van der Waals surface area contributed by atoms with Gasteiger partial charge in [0.15, 0.2) is 11.6 Å². The zero-order chi connectivity index (χ0) is 26.1. The molecule has 3 rings (SSSR count). The third-order valence-corrected chi connectivity index (χ3v) is 5.83. The molecular formula is C26H31N3O7. The molecule has 1 saturated heterocycles. The average molecular weight is 498 g/mol. The van der Waals surface area contributed by atoms with Gasteiger partial charge >= 0.3 is 12.1 Å². The highest BCUT2D eigenvalue weighted by atomic mass is 16.6. The molecule has 0 spiro atoms. The number of rotatable bonds is 10. The third kappa shape index (κ3) is 6.14. The summed E-state index contributed by atoms with van der Waals surface area (Å²) in [5.74, 6) is 1.54. The Kier molecular flexibility index (Phi) is 9.30. The van der Waals surface area contributed by atoms with E-state index in [1.54, 1.807) is 55.0 Å². The molecule has 0 bridgehead atoms. The van der Waals surface area contributed by atoms with Crippen molar-refractivity contribution in [3.8, 4) is 5.75 Å². The molecule has 1 aliphatic rings. The molecule has 10 heteroatoms. The van der Waals surface area contributed by atoms with Gasteiger partial charge in [-0.05, 0) is 38.5 Å². The van der Waals surface area contributed by atoms with Crippen LogP contribution in [0.1, 0.15) is 37.0 Å². The molecule has 1 amide bonds. The SMILES string of the molecule is CCOC(=O)CCCOc1cccc2c(N)c(C(=O)C(=C=O)N3CCN(C(=O)OCC)CC3)ccc12. The summed E-state index contributed by atoms with van der Waals surface area (Å²) in [7, 11) is 0. The molecule has 0 radical (unpaired) electrons. The quantitative estimate of drug-likeness (QED) is 0.132. The van der Waals surface area contributed by atoms with Gasteiger partial charge in [-0.1, -0.05) is 12.1 Å². The monoisotopic (exact) mass is 497 g/mol. The van der Waals surface area contributed by atoms with Crippen molar-refractivity contribution in [3.05, 3.63) is 41.6 Å². The Balaban J connectivity index is 1.72. The second kappa shape index (κ2) is 12.6. The topological polar surface area (TPSA) is 128 Å². The smallest absolute Gasteiger partial charge is 0.409 e. The number of fused-ring (bicyclic) bond motifs is 1. The van der Waals surface area contributed by atoms with E-state index in [1.165, 1.54) is 4.90 Å². The number of amides is 1. The van der Waals surface area contributed by atoms with E-state index in [2.05, 4.69) is 0 Å². The lowest BCUT2D eigenvalue weighted by Crippen LogP contribution is -2.49. The highest BCUT2D eigenvalue weighted by molar-refractivity contribution is 6.18. The molecule has 0 aromatic heterocycles. The van der Waals surface area contributed by atoms with Crippen LogP contribution in [0.3, 0.4) is 0 Å². The first-order valence-electron chi connectivity index (χ1n) is 12.0. The average Bonchev–Trinajstić information content (AvgIpc) is 2.88. The third-order valence-electron chi connectivity index (χ3n) is 5.83. The minimum atomic E-state index is -0.533. The summed E-state index contributed by atoms with van der Waals surface area (Å²) in [6.07, 6.45) is 0.338. The second-order valence-corrected chi connectivity index (χ2v) is 8.09. The highest BCUT2D eigenvalue weighted by Crippen LogP contribution is 2.33. The van der Waals surface area contributed by atoms with Crippen molar-refractivity contribution in [1.82, 2.24) is 9.80 Å². The lowest BCUT2D eigenvalue weighted by molar-refractivity contribution is -0.143. The van der Waals surface area contributed by atoms with Crippen LogP contribution in [0, 0.1) is 0 Å². The number of carbonyl (C=O) groups is 3. The molecule has 36 heavy (non-hydrogen) atoms. The number of anilines is 1. The van der Waals surface area contributed by atoms with Crippen molar-refractivity contribution in [2.24, 2.45) is 0 Å². The van der Waals surface area contributed by atoms with Crippen LogP contribution in [-0.4, -0.2) is 79.6 Å². The summed E-state index contributed by atoms with van der Waals surface area (Å²) in [4.78, 5) is 51.6. The van der Waals surface area contributed by atoms with Gasteiger partial charge in [0, 0.05) is 48.9 Å². The molecule has 0 atom stereocenters. The molecule has 192 valence electrons. The Morgan fingerprint density at radius 2 is 1.64 bits per heavy atom. The Labute approximate surface area is 209 Å². The molecular weight excluding hydrogens is 466 g/mol. The molecule has 2 aromatic carbocycles. The van der Waals surface area contributed by atoms with Gasteiger partial charge in [0.05, 0.1) is 25.5 Å². The summed E-state index contributed by atoms with van der Waals surface area (Å²) in [6.45, 7) is 5.66. The number of esters is 1. The van der Waals surface area contributed by atoms with Crippen LogP contribution in [-0.2, 0) is 19.1 Å². The standard InChI is InChI=1S/C26H31N3O7/c1-3-34-23(31)9-6-16-36-22-8-5-7-19-18(22)10-11-20(24(19)27)25(32)21(17-30)28-12-14-29(15-13-28)26(33)35-4-2/h5,7-8,10-11H,3-4,6,9,12-16,27H2,1-2H3. The highest BCUT2D eigenvalue weighted by Gasteiger charge is 2.28. The van der Waals surface area contributed by atoms with E-state index in [-0.39, 0.29) is 35.9 Å². The van der Waals surface area contributed by atoms with Crippen molar-refractivity contribution < 1.29 is 33.4 Å². The molecule has 0 unspecified atom stereocenters. The maximum absolute atomic E-state index is 13.3. The second-order valence-electron chi connectivity index (χ2n) is 8.09.